The van der Waals surface area contributed by atoms with Crippen LogP contribution in [-0.4, -0.2) is 29.9 Å². The van der Waals surface area contributed by atoms with Crippen LogP contribution in [0.4, 0.5) is 51.3 Å². The van der Waals surface area contributed by atoms with Gasteiger partial charge in [-0.3, -0.25) is 29.8 Å². The maximum atomic E-state index is 4.85. The fraction of sp³-hybridized carbons (Fsp3) is 0.125. The fourth-order valence-corrected chi connectivity index (χ4v) is 21.1. The maximum Gasteiger partial charge on any atom is 0.141 e. The van der Waals surface area contributed by atoms with Crippen molar-refractivity contribution < 1.29 is 0 Å². The van der Waals surface area contributed by atoms with Crippen LogP contribution in [0.2, 0.25) is 0 Å². The van der Waals surface area contributed by atoms with E-state index in [1.165, 1.54) is 235 Å². The minimum Gasteiger partial charge on any atom is -0.308 e. The van der Waals surface area contributed by atoms with E-state index >= 15 is 0 Å². The maximum absolute atomic E-state index is 4.85. The van der Waals surface area contributed by atoms with Crippen molar-refractivity contribution in [3.63, 3.8) is 0 Å². The van der Waals surface area contributed by atoms with Gasteiger partial charge < -0.3 is 9.80 Å². The normalized spacial score (nSPS) is 14.9. The molecule has 0 saturated heterocycles. The van der Waals surface area contributed by atoms with Crippen LogP contribution in [0.1, 0.15) is 134 Å². The summed E-state index contributed by atoms with van der Waals surface area (Å²) in [6.45, 7) is 0. The average molecular weight is 1340 g/mol. The Bertz CT molecular complexity index is 5910. The lowest BCUT2D eigenvalue weighted by molar-refractivity contribution is 0.939. The van der Waals surface area contributed by atoms with Gasteiger partial charge in [-0.25, -0.2) is 4.98 Å². The molecule has 15 aromatic rings. The molecule has 0 amide bonds. The number of hydrogen-bond acceptors (Lipinski definition) is 9. The Hall–Kier alpha value is -12.7. The zero-order chi connectivity index (χ0) is 68.0. The molecule has 0 atom stereocenters. The topological polar surface area (TPSA) is 87.1 Å². The third kappa shape index (κ3) is 7.81. The number of fused-ring (bicyclic) bond motifs is 36. The quantitative estimate of drug-likeness (QED) is 0.147. The Balaban J connectivity index is 0.0000000914. The minimum absolute atomic E-state index is 0.846. The first-order valence-corrected chi connectivity index (χ1v) is 37.3. The summed E-state index contributed by atoms with van der Waals surface area (Å²) in [5, 5.41) is 0. The second-order valence-electron chi connectivity index (χ2n) is 30.5. The SMILES string of the molecule is c1ccc2c(c1)Cc1c-2ccc2c1Cc1ccc3c(c1-2)Cc1ccnc2c1N3c1ccncc1C2.c1ccc2c(c1)Cc1c-2ccc2c1Cc1ccc3c(c1-2)Cc1ccnc2c1N3c1cnccc1C2.c1ccc2c(c1)Cc1c-2ccc2c1Cc1ccc3c(c1-2)Cc1ccnc2c1N3c1ncccc1C2. The summed E-state index contributed by atoms with van der Waals surface area (Å²) in [4.78, 5) is 35.4. The van der Waals surface area contributed by atoms with Gasteiger partial charge in [0.1, 0.15) is 5.82 Å². The molecule has 0 spiro atoms. The van der Waals surface area contributed by atoms with Gasteiger partial charge in [0, 0.05) is 93.0 Å². The molecule has 9 nitrogen and oxygen atoms in total. The van der Waals surface area contributed by atoms with Gasteiger partial charge >= 0.3 is 0 Å². The zero-order valence-corrected chi connectivity index (χ0v) is 57.5. The summed E-state index contributed by atoms with van der Waals surface area (Å²) < 4.78 is 0. The molecule has 0 N–H and O–H groups in total. The van der Waals surface area contributed by atoms with Crippen molar-refractivity contribution in [2.24, 2.45) is 0 Å². The Morgan fingerprint density at radius 3 is 1.08 bits per heavy atom. The highest BCUT2D eigenvalue weighted by Crippen LogP contribution is 2.60. The summed E-state index contributed by atoms with van der Waals surface area (Å²) >= 11 is 0. The molecule has 0 saturated carbocycles. The highest BCUT2D eigenvalue weighted by molar-refractivity contribution is 6.00. The lowest BCUT2D eigenvalue weighted by Gasteiger charge is -2.39. The van der Waals surface area contributed by atoms with Gasteiger partial charge in [0.2, 0.25) is 0 Å². The first-order chi connectivity index (χ1) is 52.0. The Morgan fingerprint density at radius 2 is 0.571 bits per heavy atom. The van der Waals surface area contributed by atoms with E-state index in [0.717, 1.165) is 94.3 Å². The molecular formula is C96H63N9. The van der Waals surface area contributed by atoms with E-state index < -0.39 is 0 Å². The molecule has 6 aliphatic carbocycles. The molecule has 0 unspecified atom stereocenters. The van der Waals surface area contributed by atoms with Gasteiger partial charge in [-0.05, 0) is 266 Å². The monoisotopic (exact) mass is 1340 g/mol. The third-order valence-electron chi connectivity index (χ3n) is 25.5. The van der Waals surface area contributed by atoms with Crippen molar-refractivity contribution in [2.75, 3.05) is 14.7 Å². The summed E-state index contributed by atoms with van der Waals surface area (Å²) in [5.74, 6) is 1.05. The van der Waals surface area contributed by atoms with Crippen LogP contribution >= 0.6 is 0 Å². The largest absolute Gasteiger partial charge is 0.308 e. The van der Waals surface area contributed by atoms with Crippen molar-refractivity contribution in [1.29, 1.82) is 0 Å². The van der Waals surface area contributed by atoms with Crippen molar-refractivity contribution in [2.45, 2.75) is 77.0 Å². The molecule has 6 aromatic heterocycles. The molecular weight excluding hydrogens is 1280 g/mol. The summed E-state index contributed by atoms with van der Waals surface area (Å²) in [6.07, 6.45) is 27.4. The molecule has 492 valence electrons. The lowest BCUT2D eigenvalue weighted by atomic mass is 9.85. The van der Waals surface area contributed by atoms with Gasteiger partial charge in [-0.1, -0.05) is 133 Å². The Kier molecular flexibility index (Phi) is 11.4. The number of anilines is 9. The molecule has 105 heavy (non-hydrogen) atoms. The van der Waals surface area contributed by atoms with E-state index in [0.29, 0.717) is 0 Å². The first-order valence-electron chi connectivity index (χ1n) is 37.3. The number of rotatable bonds is 0. The van der Waals surface area contributed by atoms with Crippen molar-refractivity contribution in [3.8, 4) is 66.8 Å². The summed E-state index contributed by atoms with van der Waals surface area (Å²) in [5.41, 5.74) is 60.9. The van der Waals surface area contributed by atoms with Gasteiger partial charge in [-0.15, -0.1) is 0 Å². The van der Waals surface area contributed by atoms with Crippen LogP contribution in [0.25, 0.3) is 66.8 Å². The molecule has 0 fully saturated rings. The second-order valence-corrected chi connectivity index (χ2v) is 30.5. The van der Waals surface area contributed by atoms with Gasteiger partial charge in [-0.2, -0.15) is 0 Å². The lowest BCUT2D eigenvalue weighted by Crippen LogP contribution is -2.26. The summed E-state index contributed by atoms with van der Waals surface area (Å²) in [6, 6.07) is 70.3. The van der Waals surface area contributed by atoms with Crippen LogP contribution in [0.3, 0.4) is 0 Å². The van der Waals surface area contributed by atoms with Crippen LogP contribution in [-0.2, 0) is 77.0 Å². The van der Waals surface area contributed by atoms with Gasteiger partial charge in [0.05, 0.1) is 68.8 Å². The van der Waals surface area contributed by atoms with E-state index in [4.69, 9.17) is 19.9 Å². The van der Waals surface area contributed by atoms with Crippen molar-refractivity contribution in [3.05, 3.63) is 372 Å². The molecule has 12 heterocycles. The highest BCUT2D eigenvalue weighted by Gasteiger charge is 2.42. The van der Waals surface area contributed by atoms with E-state index in [9.17, 15) is 0 Å². The molecule has 12 aliphatic rings. The van der Waals surface area contributed by atoms with Crippen LogP contribution in [0.5, 0.6) is 0 Å². The van der Waals surface area contributed by atoms with Crippen molar-refractivity contribution >= 4 is 51.3 Å². The number of hydrogen-bond donors (Lipinski definition) is 0. The van der Waals surface area contributed by atoms with Crippen LogP contribution < -0.4 is 14.7 Å². The molecule has 0 radical (unpaired) electrons. The third-order valence-corrected chi connectivity index (χ3v) is 25.5. The smallest absolute Gasteiger partial charge is 0.141 e. The Morgan fingerprint density at radius 1 is 0.200 bits per heavy atom. The zero-order valence-electron chi connectivity index (χ0n) is 57.5. The van der Waals surface area contributed by atoms with Crippen molar-refractivity contribution in [1.82, 2.24) is 29.9 Å². The predicted octanol–water partition coefficient (Wildman–Crippen LogP) is 20.7. The molecule has 27 rings (SSSR count). The van der Waals surface area contributed by atoms with E-state index in [2.05, 4.69) is 207 Å². The first kappa shape index (κ1) is 56.9. The molecule has 6 aliphatic heterocycles. The van der Waals surface area contributed by atoms with Crippen LogP contribution in [0.15, 0.2) is 238 Å². The Labute approximate surface area is 607 Å². The highest BCUT2D eigenvalue weighted by atomic mass is 15.2. The molecule has 9 heteroatoms. The predicted molar refractivity (Wildman–Crippen MR) is 416 cm³/mol. The second kappa shape index (κ2) is 21.0. The molecule has 9 aromatic carbocycles. The number of pyridine rings is 6. The van der Waals surface area contributed by atoms with Gasteiger partial charge in [0.25, 0.3) is 0 Å². The molecule has 0 bridgehead atoms. The van der Waals surface area contributed by atoms with Crippen LogP contribution in [0, 0.1) is 0 Å². The van der Waals surface area contributed by atoms with E-state index in [-0.39, 0.29) is 0 Å². The van der Waals surface area contributed by atoms with Gasteiger partial charge in [0.15, 0.2) is 0 Å². The van der Waals surface area contributed by atoms with E-state index in [1.54, 1.807) is 0 Å². The number of benzene rings is 9. The fourth-order valence-electron chi connectivity index (χ4n) is 21.1. The number of nitrogens with zero attached hydrogens (tertiary/aromatic N) is 9. The average Bonchev–Trinajstić information content (AvgIpc) is 0.931. The van der Waals surface area contributed by atoms with E-state index in [1.807, 2.05) is 55.6 Å². The standard InChI is InChI=1S/3C32H21N3/c1-2-6-22-18(4-1)14-25-23(22)8-9-24-26(25)15-19-7-10-29-27(30(19)24)16-20-11-13-33-28-17-21-5-3-12-34-32(21)35(29)31(20)28;1-2-4-22-18(3-1)13-25-23(22)6-7-24-26(25)14-19-5-8-30-27(31(19)24)15-20-9-12-34-28-16-21-17-33-11-10-29(21)35(30)32(20)28;1-2-4-22-18(3-1)13-25-23(22)6-7-24-26(25)14-20-5-8-29-27(31(20)24)15-21-10-12-34-28-16-19-9-11-33-17-30(19)35(29)32(21)28/h1-13H,14-17H2;2*1-12,17H,13-16H2. The summed E-state index contributed by atoms with van der Waals surface area (Å²) in [7, 11) is 0. The number of aromatic nitrogens is 6. The minimum atomic E-state index is 0.846.